The SMILES string of the molecule is CCN(CC)[C@@H](C)CNS(=O)(=O)Cc1ccc(F)cc1. The summed E-state index contributed by atoms with van der Waals surface area (Å²) in [5.41, 5.74) is 0.578. The highest BCUT2D eigenvalue weighted by molar-refractivity contribution is 7.88. The predicted octanol–water partition coefficient (Wildman–Crippen LogP) is 1.98. The van der Waals surface area contributed by atoms with Crippen molar-refractivity contribution in [2.75, 3.05) is 19.6 Å². The highest BCUT2D eigenvalue weighted by Gasteiger charge is 2.15. The second-order valence-electron chi connectivity index (χ2n) is 4.80. The minimum atomic E-state index is -3.39. The second-order valence-corrected chi connectivity index (χ2v) is 6.61. The first kappa shape index (κ1) is 17.1. The van der Waals surface area contributed by atoms with E-state index >= 15 is 0 Å². The topological polar surface area (TPSA) is 49.4 Å². The van der Waals surface area contributed by atoms with E-state index in [9.17, 15) is 12.8 Å². The summed E-state index contributed by atoms with van der Waals surface area (Å²) in [5, 5.41) is 0. The number of nitrogens with zero attached hydrogens (tertiary/aromatic N) is 1. The molecule has 20 heavy (non-hydrogen) atoms. The predicted molar refractivity (Wildman–Crippen MR) is 79.4 cm³/mol. The Morgan fingerprint density at radius 3 is 2.25 bits per heavy atom. The third-order valence-electron chi connectivity index (χ3n) is 3.30. The van der Waals surface area contributed by atoms with Gasteiger partial charge in [-0.15, -0.1) is 0 Å². The van der Waals surface area contributed by atoms with Gasteiger partial charge in [-0.05, 0) is 37.7 Å². The second kappa shape index (κ2) is 7.71. The van der Waals surface area contributed by atoms with Crippen molar-refractivity contribution in [3.63, 3.8) is 0 Å². The molecule has 4 nitrogen and oxygen atoms in total. The Kier molecular flexibility index (Phi) is 6.58. The lowest BCUT2D eigenvalue weighted by Crippen LogP contribution is -2.42. The Hall–Kier alpha value is -0.980. The van der Waals surface area contributed by atoms with Crippen molar-refractivity contribution in [3.8, 4) is 0 Å². The molecule has 0 aliphatic rings. The molecule has 6 heteroatoms. The standard InChI is InChI=1S/C14H23FN2O2S/c1-4-17(5-2)12(3)10-16-20(18,19)11-13-6-8-14(15)9-7-13/h6-9,12,16H,4-5,10-11H2,1-3H3/t12-/m0/s1. The summed E-state index contributed by atoms with van der Waals surface area (Å²) in [4.78, 5) is 2.18. The van der Waals surface area contributed by atoms with Crippen LogP contribution < -0.4 is 4.72 Å². The van der Waals surface area contributed by atoms with E-state index in [0.29, 0.717) is 12.1 Å². The average molecular weight is 302 g/mol. The van der Waals surface area contributed by atoms with Crippen LogP contribution in [0.25, 0.3) is 0 Å². The average Bonchev–Trinajstić information content (AvgIpc) is 2.40. The number of likely N-dealkylation sites (N-methyl/N-ethyl adjacent to an activating group) is 1. The van der Waals surface area contributed by atoms with Crippen LogP contribution in [0.4, 0.5) is 4.39 Å². The van der Waals surface area contributed by atoms with Crippen molar-refractivity contribution in [3.05, 3.63) is 35.6 Å². The molecule has 1 rings (SSSR count). The van der Waals surface area contributed by atoms with Crippen LogP contribution in [0.2, 0.25) is 0 Å². The van der Waals surface area contributed by atoms with Gasteiger partial charge in [0, 0.05) is 12.6 Å². The number of sulfonamides is 1. The van der Waals surface area contributed by atoms with Gasteiger partial charge >= 0.3 is 0 Å². The lowest BCUT2D eigenvalue weighted by molar-refractivity contribution is 0.232. The van der Waals surface area contributed by atoms with E-state index in [2.05, 4.69) is 9.62 Å². The molecule has 1 aromatic rings. The molecular weight excluding hydrogens is 279 g/mol. The molecule has 1 atom stereocenters. The smallest absolute Gasteiger partial charge is 0.215 e. The zero-order chi connectivity index (χ0) is 15.2. The van der Waals surface area contributed by atoms with E-state index in [1.54, 1.807) is 0 Å². The molecule has 0 saturated carbocycles. The van der Waals surface area contributed by atoms with Crippen LogP contribution >= 0.6 is 0 Å². The number of benzene rings is 1. The van der Waals surface area contributed by atoms with Gasteiger partial charge in [0.15, 0.2) is 0 Å². The Labute approximate surface area is 121 Å². The minimum Gasteiger partial charge on any atom is -0.300 e. The van der Waals surface area contributed by atoms with Gasteiger partial charge in [-0.2, -0.15) is 0 Å². The first-order valence-electron chi connectivity index (χ1n) is 6.83. The molecule has 114 valence electrons. The van der Waals surface area contributed by atoms with Gasteiger partial charge in [-0.25, -0.2) is 17.5 Å². The van der Waals surface area contributed by atoms with E-state index in [0.717, 1.165) is 13.1 Å². The Morgan fingerprint density at radius 1 is 1.20 bits per heavy atom. The van der Waals surface area contributed by atoms with Crippen LogP contribution in [-0.2, 0) is 15.8 Å². The molecule has 0 aliphatic carbocycles. The van der Waals surface area contributed by atoms with Gasteiger partial charge in [0.2, 0.25) is 10.0 Å². The van der Waals surface area contributed by atoms with Gasteiger partial charge in [0.05, 0.1) is 5.75 Å². The van der Waals surface area contributed by atoms with Gasteiger partial charge in [0.1, 0.15) is 5.82 Å². The van der Waals surface area contributed by atoms with E-state index in [1.165, 1.54) is 24.3 Å². The summed E-state index contributed by atoms with van der Waals surface area (Å²) < 4.78 is 39.3. The molecule has 0 fully saturated rings. The molecule has 0 saturated heterocycles. The third kappa shape index (κ3) is 5.56. The molecule has 0 heterocycles. The lowest BCUT2D eigenvalue weighted by atomic mass is 10.2. The maximum absolute atomic E-state index is 12.8. The van der Waals surface area contributed by atoms with E-state index in [4.69, 9.17) is 0 Å². The lowest BCUT2D eigenvalue weighted by Gasteiger charge is -2.26. The van der Waals surface area contributed by atoms with Crippen LogP contribution in [0.3, 0.4) is 0 Å². The molecular formula is C14H23FN2O2S. The molecule has 1 aromatic carbocycles. The van der Waals surface area contributed by atoms with Crippen molar-refractivity contribution in [1.29, 1.82) is 0 Å². The zero-order valence-corrected chi connectivity index (χ0v) is 13.1. The van der Waals surface area contributed by atoms with Gasteiger partial charge in [0.25, 0.3) is 0 Å². The van der Waals surface area contributed by atoms with Gasteiger partial charge < -0.3 is 0 Å². The molecule has 1 N–H and O–H groups in total. The summed E-state index contributed by atoms with van der Waals surface area (Å²) in [6, 6.07) is 5.66. The van der Waals surface area contributed by atoms with Crippen molar-refractivity contribution in [2.24, 2.45) is 0 Å². The number of hydrogen-bond acceptors (Lipinski definition) is 3. The van der Waals surface area contributed by atoms with Gasteiger partial charge in [-0.3, -0.25) is 4.90 Å². The van der Waals surface area contributed by atoms with Crippen molar-refractivity contribution in [2.45, 2.75) is 32.6 Å². The Bertz CT molecular complexity index is 498. The molecule has 0 spiro atoms. The highest BCUT2D eigenvalue weighted by atomic mass is 32.2. The van der Waals surface area contributed by atoms with Crippen LogP contribution in [0.15, 0.2) is 24.3 Å². The minimum absolute atomic E-state index is 0.127. The van der Waals surface area contributed by atoms with E-state index in [-0.39, 0.29) is 17.6 Å². The first-order chi connectivity index (χ1) is 9.38. The monoisotopic (exact) mass is 302 g/mol. The molecule has 0 unspecified atom stereocenters. The largest absolute Gasteiger partial charge is 0.300 e. The fourth-order valence-corrected chi connectivity index (χ4v) is 3.30. The molecule has 0 radical (unpaired) electrons. The Morgan fingerprint density at radius 2 is 1.75 bits per heavy atom. The van der Waals surface area contributed by atoms with Crippen LogP contribution in [-0.4, -0.2) is 39.0 Å². The first-order valence-corrected chi connectivity index (χ1v) is 8.49. The summed E-state index contributed by atoms with van der Waals surface area (Å²) >= 11 is 0. The van der Waals surface area contributed by atoms with Crippen LogP contribution in [0.1, 0.15) is 26.3 Å². The summed E-state index contributed by atoms with van der Waals surface area (Å²) in [5.74, 6) is -0.493. The molecule has 0 bridgehead atoms. The number of hydrogen-bond donors (Lipinski definition) is 1. The number of rotatable bonds is 8. The van der Waals surface area contributed by atoms with E-state index < -0.39 is 10.0 Å². The summed E-state index contributed by atoms with van der Waals surface area (Å²) in [6.45, 7) is 8.24. The van der Waals surface area contributed by atoms with Crippen molar-refractivity contribution >= 4 is 10.0 Å². The molecule has 0 aliphatic heterocycles. The fourth-order valence-electron chi connectivity index (χ4n) is 2.07. The summed E-state index contributed by atoms with van der Waals surface area (Å²) in [7, 11) is -3.39. The normalized spacial score (nSPS) is 13.7. The van der Waals surface area contributed by atoms with Crippen LogP contribution in [0, 0.1) is 5.82 Å². The number of nitrogens with one attached hydrogen (secondary N) is 1. The fraction of sp³-hybridized carbons (Fsp3) is 0.571. The van der Waals surface area contributed by atoms with Crippen molar-refractivity contribution < 1.29 is 12.8 Å². The molecule has 0 aromatic heterocycles. The maximum Gasteiger partial charge on any atom is 0.215 e. The maximum atomic E-state index is 12.8. The van der Waals surface area contributed by atoms with Crippen LogP contribution in [0.5, 0.6) is 0 Å². The van der Waals surface area contributed by atoms with E-state index in [1.807, 2.05) is 20.8 Å². The van der Waals surface area contributed by atoms with Gasteiger partial charge in [-0.1, -0.05) is 26.0 Å². The third-order valence-corrected chi connectivity index (χ3v) is 4.62. The number of halogens is 1. The molecule has 0 amide bonds. The zero-order valence-electron chi connectivity index (χ0n) is 12.3. The quantitative estimate of drug-likeness (QED) is 0.799. The highest BCUT2D eigenvalue weighted by Crippen LogP contribution is 2.07. The summed E-state index contributed by atoms with van der Waals surface area (Å²) in [6.07, 6.45) is 0. The van der Waals surface area contributed by atoms with Crippen molar-refractivity contribution in [1.82, 2.24) is 9.62 Å². The Balaban J connectivity index is 2.55.